The Balaban J connectivity index is 1.53. The lowest BCUT2D eigenvalue weighted by Gasteiger charge is -2.14. The molecule has 0 radical (unpaired) electrons. The van der Waals surface area contributed by atoms with Gasteiger partial charge in [-0.1, -0.05) is 23.2 Å². The van der Waals surface area contributed by atoms with Crippen molar-refractivity contribution in [3.8, 4) is 5.75 Å². The second-order valence-corrected chi connectivity index (χ2v) is 7.13. The zero-order valence-electron chi connectivity index (χ0n) is 15.4. The molecule has 1 heterocycles. The molecule has 6 heteroatoms. The Labute approximate surface area is 163 Å². The quantitative estimate of drug-likeness (QED) is 0.582. The van der Waals surface area contributed by atoms with Crippen molar-refractivity contribution in [2.45, 2.75) is 26.5 Å². The molecule has 5 nitrogen and oxygen atoms in total. The molecule has 0 aliphatic rings. The van der Waals surface area contributed by atoms with E-state index in [9.17, 15) is 9.90 Å². The number of pyridine rings is 1. The van der Waals surface area contributed by atoms with Crippen LogP contribution in [0.15, 0.2) is 47.3 Å². The number of hydrogen-bond donors (Lipinski definition) is 3. The number of rotatable bonds is 7. The molecule has 0 aliphatic carbocycles. The van der Waals surface area contributed by atoms with E-state index in [0.29, 0.717) is 29.4 Å². The van der Waals surface area contributed by atoms with Crippen LogP contribution < -0.4 is 15.6 Å². The Morgan fingerprint density at radius 3 is 2.78 bits per heavy atom. The van der Waals surface area contributed by atoms with E-state index in [4.69, 9.17) is 16.3 Å². The molecule has 0 amide bonds. The summed E-state index contributed by atoms with van der Waals surface area (Å²) in [6.07, 6.45) is -0.692. The van der Waals surface area contributed by atoms with Crippen molar-refractivity contribution in [2.24, 2.45) is 0 Å². The number of ether oxygens (including phenoxy) is 1. The predicted octanol–water partition coefficient (Wildman–Crippen LogP) is 3.33. The molecule has 0 saturated carbocycles. The third kappa shape index (κ3) is 5.10. The Kier molecular flexibility index (Phi) is 6.16. The van der Waals surface area contributed by atoms with Crippen LogP contribution in [0.25, 0.3) is 10.9 Å². The highest BCUT2D eigenvalue weighted by Crippen LogP contribution is 2.21. The van der Waals surface area contributed by atoms with Gasteiger partial charge in [0.05, 0.1) is 0 Å². The molecule has 3 aromatic rings. The van der Waals surface area contributed by atoms with Crippen LogP contribution in [0, 0.1) is 13.8 Å². The summed E-state index contributed by atoms with van der Waals surface area (Å²) in [7, 11) is 0. The molecule has 142 valence electrons. The van der Waals surface area contributed by atoms with Gasteiger partial charge in [-0.2, -0.15) is 0 Å². The van der Waals surface area contributed by atoms with Gasteiger partial charge in [-0.25, -0.2) is 0 Å². The maximum absolute atomic E-state index is 12.2. The van der Waals surface area contributed by atoms with Crippen LogP contribution in [0.4, 0.5) is 0 Å². The molecule has 0 unspecified atom stereocenters. The van der Waals surface area contributed by atoms with Gasteiger partial charge in [-0.15, -0.1) is 0 Å². The highest BCUT2D eigenvalue weighted by Gasteiger charge is 2.08. The van der Waals surface area contributed by atoms with Crippen LogP contribution in [0.2, 0.25) is 5.02 Å². The Hall–Kier alpha value is -2.34. The van der Waals surface area contributed by atoms with E-state index in [-0.39, 0.29) is 12.2 Å². The third-order valence-electron chi connectivity index (χ3n) is 4.34. The van der Waals surface area contributed by atoms with E-state index in [1.807, 2.05) is 44.2 Å². The van der Waals surface area contributed by atoms with Crippen molar-refractivity contribution in [1.82, 2.24) is 10.3 Å². The van der Waals surface area contributed by atoms with Gasteiger partial charge in [-0.05, 0) is 61.2 Å². The van der Waals surface area contributed by atoms with Gasteiger partial charge in [0.25, 0.3) is 5.56 Å². The van der Waals surface area contributed by atoms with Crippen molar-refractivity contribution in [3.63, 3.8) is 0 Å². The van der Waals surface area contributed by atoms with E-state index >= 15 is 0 Å². The Bertz CT molecular complexity index is 1000. The molecule has 3 rings (SSSR count). The SMILES string of the molecule is Cc1ccc2[nH]c(=O)c(CNC[C@H](O)COc3ccc(Cl)c(C)c3)cc2c1. The predicted molar refractivity (Wildman–Crippen MR) is 109 cm³/mol. The monoisotopic (exact) mass is 386 g/mol. The van der Waals surface area contributed by atoms with E-state index < -0.39 is 6.10 Å². The van der Waals surface area contributed by atoms with E-state index in [0.717, 1.165) is 22.0 Å². The first kappa shape index (κ1) is 19.4. The summed E-state index contributed by atoms with van der Waals surface area (Å²) < 4.78 is 5.58. The summed E-state index contributed by atoms with van der Waals surface area (Å²) in [5.41, 5.74) is 3.39. The molecule has 1 aromatic heterocycles. The first-order chi connectivity index (χ1) is 12.9. The summed E-state index contributed by atoms with van der Waals surface area (Å²) in [5, 5.41) is 14.9. The minimum absolute atomic E-state index is 0.124. The number of fused-ring (bicyclic) bond motifs is 1. The second kappa shape index (κ2) is 8.57. The topological polar surface area (TPSA) is 74.4 Å². The van der Waals surface area contributed by atoms with E-state index in [1.165, 1.54) is 0 Å². The third-order valence-corrected chi connectivity index (χ3v) is 4.77. The van der Waals surface area contributed by atoms with Gasteiger partial charge in [-0.3, -0.25) is 4.79 Å². The molecule has 0 fully saturated rings. The van der Waals surface area contributed by atoms with Crippen molar-refractivity contribution in [3.05, 3.63) is 74.5 Å². The Morgan fingerprint density at radius 2 is 2.00 bits per heavy atom. The number of H-pyrrole nitrogens is 1. The van der Waals surface area contributed by atoms with Crippen LogP contribution in [0.3, 0.4) is 0 Å². The minimum Gasteiger partial charge on any atom is -0.491 e. The molecule has 0 spiro atoms. The smallest absolute Gasteiger partial charge is 0.252 e. The maximum Gasteiger partial charge on any atom is 0.252 e. The average Bonchev–Trinajstić information content (AvgIpc) is 2.63. The molecular weight excluding hydrogens is 364 g/mol. The lowest BCUT2D eigenvalue weighted by molar-refractivity contribution is 0.106. The van der Waals surface area contributed by atoms with Crippen LogP contribution in [-0.4, -0.2) is 29.3 Å². The molecular formula is C21H23ClN2O3. The summed E-state index contributed by atoms with van der Waals surface area (Å²) in [4.78, 5) is 15.1. The molecule has 2 aromatic carbocycles. The first-order valence-corrected chi connectivity index (χ1v) is 9.20. The van der Waals surface area contributed by atoms with Crippen molar-refractivity contribution < 1.29 is 9.84 Å². The maximum atomic E-state index is 12.2. The van der Waals surface area contributed by atoms with Crippen LogP contribution in [0.1, 0.15) is 16.7 Å². The van der Waals surface area contributed by atoms with Gasteiger partial charge in [0.1, 0.15) is 18.5 Å². The summed E-state index contributed by atoms with van der Waals surface area (Å²) in [5.74, 6) is 0.664. The van der Waals surface area contributed by atoms with Crippen LogP contribution in [-0.2, 0) is 6.54 Å². The number of aryl methyl sites for hydroxylation is 2. The average molecular weight is 387 g/mol. The zero-order chi connectivity index (χ0) is 19.4. The lowest BCUT2D eigenvalue weighted by atomic mass is 10.1. The van der Waals surface area contributed by atoms with Gasteiger partial charge < -0.3 is 20.1 Å². The number of aliphatic hydroxyl groups excluding tert-OH is 1. The molecule has 0 bridgehead atoms. The molecule has 27 heavy (non-hydrogen) atoms. The van der Waals surface area contributed by atoms with E-state index in [2.05, 4.69) is 10.3 Å². The van der Waals surface area contributed by atoms with Crippen LogP contribution >= 0.6 is 11.6 Å². The van der Waals surface area contributed by atoms with Gasteiger partial charge in [0.15, 0.2) is 0 Å². The fourth-order valence-corrected chi connectivity index (χ4v) is 2.95. The first-order valence-electron chi connectivity index (χ1n) is 8.82. The lowest BCUT2D eigenvalue weighted by Crippen LogP contribution is -2.32. The fraction of sp³-hybridized carbons (Fsp3) is 0.286. The number of hydrogen-bond acceptors (Lipinski definition) is 4. The Morgan fingerprint density at radius 1 is 1.19 bits per heavy atom. The normalized spacial score (nSPS) is 12.3. The van der Waals surface area contributed by atoms with Crippen LogP contribution in [0.5, 0.6) is 5.75 Å². The van der Waals surface area contributed by atoms with Gasteiger partial charge in [0.2, 0.25) is 0 Å². The molecule has 0 aliphatic heterocycles. The summed E-state index contributed by atoms with van der Waals surface area (Å²) in [6, 6.07) is 13.2. The van der Waals surface area contributed by atoms with Crippen molar-refractivity contribution >= 4 is 22.5 Å². The fourth-order valence-electron chi connectivity index (χ4n) is 2.83. The molecule has 3 N–H and O–H groups in total. The number of aromatic nitrogens is 1. The second-order valence-electron chi connectivity index (χ2n) is 6.72. The number of nitrogens with one attached hydrogen (secondary N) is 2. The standard InChI is InChI=1S/C21H23ClN2O3/c1-13-3-6-20-15(7-13)9-16(21(26)24-20)10-23-11-17(25)12-27-18-4-5-19(22)14(2)8-18/h3-9,17,23,25H,10-12H2,1-2H3,(H,24,26)/t17-/m0/s1. The summed E-state index contributed by atoms with van der Waals surface area (Å²) >= 11 is 5.98. The number of aromatic amines is 1. The molecule has 0 saturated heterocycles. The highest BCUT2D eigenvalue weighted by atomic mass is 35.5. The molecule has 1 atom stereocenters. The van der Waals surface area contributed by atoms with Gasteiger partial charge in [0, 0.05) is 29.2 Å². The highest BCUT2D eigenvalue weighted by molar-refractivity contribution is 6.31. The summed E-state index contributed by atoms with van der Waals surface area (Å²) in [6.45, 7) is 4.76. The number of aliphatic hydroxyl groups is 1. The largest absolute Gasteiger partial charge is 0.491 e. The van der Waals surface area contributed by atoms with E-state index in [1.54, 1.807) is 12.1 Å². The van der Waals surface area contributed by atoms with Gasteiger partial charge >= 0.3 is 0 Å². The number of halogens is 1. The number of benzene rings is 2. The van der Waals surface area contributed by atoms with Crippen molar-refractivity contribution in [1.29, 1.82) is 0 Å². The van der Waals surface area contributed by atoms with Crippen molar-refractivity contribution in [2.75, 3.05) is 13.2 Å². The minimum atomic E-state index is -0.692. The zero-order valence-corrected chi connectivity index (χ0v) is 16.1.